The molecule has 26 heavy (non-hydrogen) atoms. The fourth-order valence-corrected chi connectivity index (χ4v) is 2.74. The second kappa shape index (κ2) is 9.82. The van der Waals surface area contributed by atoms with Gasteiger partial charge in [0.05, 0.1) is 7.11 Å². The molecule has 0 aromatic heterocycles. The molecule has 0 saturated heterocycles. The number of nitrogens with one attached hydrogen (secondary N) is 1. The van der Waals surface area contributed by atoms with E-state index in [4.69, 9.17) is 16.3 Å². The van der Waals surface area contributed by atoms with Crippen molar-refractivity contribution in [2.45, 2.75) is 13.3 Å². The van der Waals surface area contributed by atoms with Gasteiger partial charge in [-0.2, -0.15) is 0 Å². The Hall–Kier alpha value is -2.53. The summed E-state index contributed by atoms with van der Waals surface area (Å²) in [5.74, 6) is 0.502. The minimum atomic E-state index is -0.175. The molecule has 0 aliphatic carbocycles. The molecule has 0 heterocycles. The van der Waals surface area contributed by atoms with Crippen molar-refractivity contribution in [3.63, 3.8) is 0 Å². The maximum absolute atomic E-state index is 12.1. The highest BCUT2D eigenvalue weighted by Crippen LogP contribution is 2.12. The third-order valence-corrected chi connectivity index (χ3v) is 4.26. The van der Waals surface area contributed by atoms with E-state index in [0.717, 1.165) is 5.56 Å². The van der Waals surface area contributed by atoms with E-state index in [1.165, 1.54) is 6.92 Å². The first kappa shape index (κ1) is 19.8. The lowest BCUT2D eigenvalue weighted by atomic mass is 10.1. The highest BCUT2D eigenvalue weighted by molar-refractivity contribution is 6.30. The molecule has 2 rings (SSSR count). The summed E-state index contributed by atoms with van der Waals surface area (Å²) < 4.78 is 5.07. The fraction of sp³-hybridized carbons (Fsp3) is 0.300. The Morgan fingerprint density at radius 1 is 1.12 bits per heavy atom. The van der Waals surface area contributed by atoms with Gasteiger partial charge in [-0.05, 0) is 48.4 Å². The molecule has 0 fully saturated rings. The van der Waals surface area contributed by atoms with Gasteiger partial charge in [-0.3, -0.25) is 9.59 Å². The van der Waals surface area contributed by atoms with Gasteiger partial charge >= 0.3 is 0 Å². The SMILES string of the molecule is COc1ccc(C(=O)NCCN(CCc2cccc(Cl)c2)C(C)=O)cc1. The van der Waals surface area contributed by atoms with E-state index in [2.05, 4.69) is 5.32 Å². The molecule has 2 aromatic carbocycles. The highest BCUT2D eigenvalue weighted by Gasteiger charge is 2.10. The van der Waals surface area contributed by atoms with Crippen LogP contribution in [0.4, 0.5) is 0 Å². The van der Waals surface area contributed by atoms with E-state index in [-0.39, 0.29) is 11.8 Å². The van der Waals surface area contributed by atoms with Gasteiger partial charge < -0.3 is 15.0 Å². The molecule has 0 unspecified atom stereocenters. The number of carbonyl (C=O) groups excluding carboxylic acids is 2. The highest BCUT2D eigenvalue weighted by atomic mass is 35.5. The molecular formula is C20H23ClN2O3. The number of amides is 2. The molecule has 0 bridgehead atoms. The summed E-state index contributed by atoms with van der Waals surface area (Å²) in [5, 5.41) is 3.52. The first-order chi connectivity index (χ1) is 12.5. The summed E-state index contributed by atoms with van der Waals surface area (Å²) in [6.45, 7) is 2.95. The average Bonchev–Trinajstić information content (AvgIpc) is 2.64. The quantitative estimate of drug-likeness (QED) is 0.772. The molecule has 0 radical (unpaired) electrons. The number of ether oxygens (including phenoxy) is 1. The predicted octanol–water partition coefficient (Wildman–Crippen LogP) is 3.17. The van der Waals surface area contributed by atoms with E-state index in [1.54, 1.807) is 36.3 Å². The standard InChI is InChI=1S/C20H23ClN2O3/c1-15(24)23(12-10-16-4-3-5-18(21)14-16)13-11-22-20(25)17-6-8-19(26-2)9-7-17/h3-9,14H,10-13H2,1-2H3,(H,22,25). The molecule has 2 aromatic rings. The van der Waals surface area contributed by atoms with Gasteiger partial charge in [0.1, 0.15) is 5.75 Å². The molecule has 0 saturated carbocycles. The number of methoxy groups -OCH3 is 1. The smallest absolute Gasteiger partial charge is 0.251 e. The minimum absolute atomic E-state index is 0.0225. The van der Waals surface area contributed by atoms with Gasteiger partial charge in [0.15, 0.2) is 0 Å². The molecule has 0 atom stereocenters. The van der Waals surface area contributed by atoms with E-state index in [1.807, 2.05) is 24.3 Å². The first-order valence-electron chi connectivity index (χ1n) is 8.42. The number of carbonyl (C=O) groups is 2. The third-order valence-electron chi connectivity index (χ3n) is 4.02. The summed E-state index contributed by atoms with van der Waals surface area (Å²) >= 11 is 5.98. The lowest BCUT2D eigenvalue weighted by Gasteiger charge is -2.21. The van der Waals surface area contributed by atoms with Crippen LogP contribution in [0.2, 0.25) is 5.02 Å². The zero-order valence-electron chi connectivity index (χ0n) is 15.0. The van der Waals surface area contributed by atoms with Crippen molar-refractivity contribution >= 4 is 23.4 Å². The Morgan fingerprint density at radius 2 is 1.85 bits per heavy atom. The maximum Gasteiger partial charge on any atom is 0.251 e. The number of hydrogen-bond donors (Lipinski definition) is 1. The Labute approximate surface area is 158 Å². The molecular weight excluding hydrogens is 352 g/mol. The second-order valence-electron chi connectivity index (χ2n) is 5.87. The van der Waals surface area contributed by atoms with Crippen molar-refractivity contribution in [1.29, 1.82) is 0 Å². The Balaban J connectivity index is 1.82. The van der Waals surface area contributed by atoms with Crippen LogP contribution in [0.15, 0.2) is 48.5 Å². The van der Waals surface area contributed by atoms with Gasteiger partial charge in [0.25, 0.3) is 5.91 Å². The summed E-state index contributed by atoms with van der Waals surface area (Å²) in [4.78, 5) is 25.7. The minimum Gasteiger partial charge on any atom is -0.497 e. The summed E-state index contributed by atoms with van der Waals surface area (Å²) in [6.07, 6.45) is 0.715. The van der Waals surface area contributed by atoms with Crippen molar-refractivity contribution < 1.29 is 14.3 Å². The van der Waals surface area contributed by atoms with E-state index in [0.29, 0.717) is 42.4 Å². The van der Waals surface area contributed by atoms with Crippen LogP contribution in [0, 0.1) is 0 Å². The molecule has 1 N–H and O–H groups in total. The van der Waals surface area contributed by atoms with Crippen LogP contribution in [0.5, 0.6) is 5.75 Å². The van der Waals surface area contributed by atoms with Crippen molar-refractivity contribution in [2.24, 2.45) is 0 Å². The van der Waals surface area contributed by atoms with Gasteiger partial charge in [-0.25, -0.2) is 0 Å². The van der Waals surface area contributed by atoms with Crippen LogP contribution in [0.3, 0.4) is 0 Å². The first-order valence-corrected chi connectivity index (χ1v) is 8.79. The van der Waals surface area contributed by atoms with Gasteiger partial charge in [-0.15, -0.1) is 0 Å². The van der Waals surface area contributed by atoms with Crippen molar-refractivity contribution in [3.05, 3.63) is 64.7 Å². The van der Waals surface area contributed by atoms with Crippen LogP contribution in [-0.4, -0.2) is 43.5 Å². The van der Waals surface area contributed by atoms with E-state index < -0.39 is 0 Å². The Morgan fingerprint density at radius 3 is 2.46 bits per heavy atom. The van der Waals surface area contributed by atoms with Gasteiger partial charge in [0.2, 0.25) is 5.91 Å². The van der Waals surface area contributed by atoms with Crippen LogP contribution < -0.4 is 10.1 Å². The van der Waals surface area contributed by atoms with Crippen molar-refractivity contribution in [2.75, 3.05) is 26.7 Å². The van der Waals surface area contributed by atoms with Crippen LogP contribution in [0.25, 0.3) is 0 Å². The lowest BCUT2D eigenvalue weighted by Crippen LogP contribution is -2.38. The van der Waals surface area contributed by atoms with Crippen molar-refractivity contribution in [1.82, 2.24) is 10.2 Å². The summed E-state index contributed by atoms with van der Waals surface area (Å²) in [7, 11) is 1.58. The Kier molecular flexibility index (Phi) is 7.48. The normalized spacial score (nSPS) is 10.3. The fourth-order valence-electron chi connectivity index (χ4n) is 2.53. The molecule has 0 aliphatic rings. The van der Waals surface area contributed by atoms with Crippen LogP contribution >= 0.6 is 11.6 Å². The number of nitrogens with zero attached hydrogens (tertiary/aromatic N) is 1. The van der Waals surface area contributed by atoms with Crippen molar-refractivity contribution in [3.8, 4) is 5.75 Å². The number of rotatable bonds is 8. The number of hydrogen-bond acceptors (Lipinski definition) is 3. The van der Waals surface area contributed by atoms with E-state index >= 15 is 0 Å². The van der Waals surface area contributed by atoms with Crippen LogP contribution in [-0.2, 0) is 11.2 Å². The topological polar surface area (TPSA) is 58.6 Å². The lowest BCUT2D eigenvalue weighted by molar-refractivity contribution is -0.128. The van der Waals surface area contributed by atoms with E-state index in [9.17, 15) is 9.59 Å². The van der Waals surface area contributed by atoms with Crippen LogP contribution in [0.1, 0.15) is 22.8 Å². The number of benzene rings is 2. The molecule has 0 aliphatic heterocycles. The average molecular weight is 375 g/mol. The van der Waals surface area contributed by atoms with Gasteiger partial charge in [0, 0.05) is 37.1 Å². The molecule has 6 heteroatoms. The molecule has 138 valence electrons. The zero-order chi connectivity index (χ0) is 18.9. The summed E-state index contributed by atoms with van der Waals surface area (Å²) in [5.41, 5.74) is 1.63. The predicted molar refractivity (Wildman–Crippen MR) is 103 cm³/mol. The number of halogens is 1. The maximum atomic E-state index is 12.1. The van der Waals surface area contributed by atoms with Gasteiger partial charge in [-0.1, -0.05) is 23.7 Å². The largest absolute Gasteiger partial charge is 0.497 e. The Bertz CT molecular complexity index is 747. The third kappa shape index (κ3) is 6.08. The zero-order valence-corrected chi connectivity index (χ0v) is 15.8. The second-order valence-corrected chi connectivity index (χ2v) is 6.31. The summed E-state index contributed by atoms with van der Waals surface area (Å²) in [6, 6.07) is 14.5. The molecule has 2 amide bonds. The molecule has 5 nitrogen and oxygen atoms in total. The molecule has 0 spiro atoms. The monoisotopic (exact) mass is 374 g/mol.